The predicted molar refractivity (Wildman–Crippen MR) is 162 cm³/mol. The number of furan rings is 1. The Hall–Kier alpha value is -5.07. The van der Waals surface area contributed by atoms with E-state index in [-0.39, 0.29) is 17.4 Å². The van der Waals surface area contributed by atoms with Crippen molar-refractivity contribution >= 4 is 46.2 Å². The standard InChI is InChI=1S/C30H21N5O5S2/c36-34(37)20-10-14-22(15-11-20)42-21-12-8-19(9-13-21)33-29(28(32-30(33)41)24-6-3-4-18-31-24)27-17-16-26(40-27)23-5-1-2-7-25(23)35(38)39/h1-18,28-29H,(H,32,41). The number of rotatable bonds is 8. The average molecular weight is 596 g/mol. The van der Waals surface area contributed by atoms with Crippen molar-refractivity contribution in [1.29, 1.82) is 0 Å². The van der Waals surface area contributed by atoms with E-state index in [0.717, 1.165) is 21.2 Å². The summed E-state index contributed by atoms with van der Waals surface area (Å²) in [6, 6.07) is 29.1. The highest BCUT2D eigenvalue weighted by Crippen LogP contribution is 2.44. The van der Waals surface area contributed by atoms with Crippen LogP contribution in [-0.2, 0) is 0 Å². The zero-order valence-electron chi connectivity index (χ0n) is 21.7. The van der Waals surface area contributed by atoms with Crippen molar-refractivity contribution in [2.75, 3.05) is 4.90 Å². The van der Waals surface area contributed by atoms with Gasteiger partial charge in [0, 0.05) is 39.9 Å². The van der Waals surface area contributed by atoms with Crippen LogP contribution < -0.4 is 10.2 Å². The highest BCUT2D eigenvalue weighted by Gasteiger charge is 2.42. The third-order valence-corrected chi connectivity index (χ3v) is 8.11. The van der Waals surface area contributed by atoms with Gasteiger partial charge in [0.25, 0.3) is 11.4 Å². The lowest BCUT2D eigenvalue weighted by Crippen LogP contribution is -2.29. The summed E-state index contributed by atoms with van der Waals surface area (Å²) < 4.78 is 6.30. The number of aromatic nitrogens is 1. The van der Waals surface area contributed by atoms with Crippen LogP contribution in [-0.4, -0.2) is 19.9 Å². The lowest BCUT2D eigenvalue weighted by molar-refractivity contribution is -0.384. The number of para-hydroxylation sites is 1. The molecule has 0 amide bonds. The maximum Gasteiger partial charge on any atom is 0.280 e. The number of non-ortho nitro benzene ring substituents is 1. The van der Waals surface area contributed by atoms with Crippen LogP contribution in [0.25, 0.3) is 11.3 Å². The van der Waals surface area contributed by atoms with E-state index in [1.54, 1.807) is 42.6 Å². The van der Waals surface area contributed by atoms with Gasteiger partial charge >= 0.3 is 0 Å². The average Bonchev–Trinajstić information content (AvgIpc) is 3.63. The summed E-state index contributed by atoms with van der Waals surface area (Å²) in [4.78, 5) is 30.1. The first-order valence-corrected chi connectivity index (χ1v) is 14.0. The first-order valence-electron chi connectivity index (χ1n) is 12.8. The molecule has 3 aromatic carbocycles. The Labute approximate surface area is 249 Å². The molecular formula is C30H21N5O5S2. The SMILES string of the molecule is O=[N+]([O-])c1ccc(Sc2ccc(N3C(=S)NC(c4ccccn4)C3c3ccc(-c4ccccc4[N+](=O)[O-])o3)cc2)cc1. The summed E-state index contributed by atoms with van der Waals surface area (Å²) >= 11 is 7.28. The van der Waals surface area contributed by atoms with Crippen LogP contribution in [0.15, 0.2) is 124 Å². The number of hydrogen-bond acceptors (Lipinski definition) is 8. The second-order valence-corrected chi connectivity index (χ2v) is 10.9. The summed E-state index contributed by atoms with van der Waals surface area (Å²) in [5.41, 5.74) is 1.96. The molecule has 3 heterocycles. The van der Waals surface area contributed by atoms with Gasteiger partial charge in [-0.25, -0.2) is 0 Å². The van der Waals surface area contributed by atoms with E-state index in [0.29, 0.717) is 22.2 Å². The predicted octanol–water partition coefficient (Wildman–Crippen LogP) is 7.49. The topological polar surface area (TPSA) is 128 Å². The number of pyridine rings is 1. The molecule has 2 aromatic heterocycles. The first-order chi connectivity index (χ1) is 20.4. The monoisotopic (exact) mass is 595 g/mol. The van der Waals surface area contributed by atoms with Gasteiger partial charge in [0.15, 0.2) is 5.11 Å². The fraction of sp³-hybridized carbons (Fsp3) is 0.0667. The van der Waals surface area contributed by atoms with E-state index in [1.165, 1.54) is 30.0 Å². The Balaban J connectivity index is 1.34. The number of hydrogen-bond donors (Lipinski definition) is 1. The molecule has 1 aliphatic rings. The van der Waals surface area contributed by atoms with Crippen LogP contribution in [0.5, 0.6) is 0 Å². The lowest BCUT2D eigenvalue weighted by atomic mass is 10.0. The summed E-state index contributed by atoms with van der Waals surface area (Å²) in [7, 11) is 0. The third kappa shape index (κ3) is 5.32. The summed E-state index contributed by atoms with van der Waals surface area (Å²) in [5, 5.41) is 26.5. The van der Waals surface area contributed by atoms with Gasteiger partial charge in [0.2, 0.25) is 0 Å². The first kappa shape index (κ1) is 27.1. The fourth-order valence-electron chi connectivity index (χ4n) is 4.87. The highest BCUT2D eigenvalue weighted by molar-refractivity contribution is 7.99. The smallest absolute Gasteiger partial charge is 0.280 e. The number of benzene rings is 3. The van der Waals surface area contributed by atoms with Gasteiger partial charge < -0.3 is 14.6 Å². The van der Waals surface area contributed by atoms with Gasteiger partial charge in [-0.3, -0.25) is 25.2 Å². The molecule has 10 nitrogen and oxygen atoms in total. The van der Waals surface area contributed by atoms with E-state index < -0.39 is 15.9 Å². The van der Waals surface area contributed by atoms with Gasteiger partial charge in [-0.05, 0) is 78.9 Å². The van der Waals surface area contributed by atoms with E-state index in [1.807, 2.05) is 53.4 Å². The van der Waals surface area contributed by atoms with Crippen LogP contribution in [0.1, 0.15) is 23.5 Å². The Morgan fingerprint density at radius 2 is 1.52 bits per heavy atom. The number of nitro benzene ring substituents is 2. The number of anilines is 1. The zero-order chi connectivity index (χ0) is 29.2. The molecule has 1 aliphatic heterocycles. The molecule has 1 saturated heterocycles. The molecule has 0 saturated carbocycles. The Morgan fingerprint density at radius 1 is 0.833 bits per heavy atom. The molecule has 208 valence electrons. The van der Waals surface area contributed by atoms with Crippen LogP contribution >= 0.6 is 24.0 Å². The maximum absolute atomic E-state index is 11.7. The molecule has 5 aromatic rings. The van der Waals surface area contributed by atoms with Crippen molar-refractivity contribution in [3.63, 3.8) is 0 Å². The lowest BCUT2D eigenvalue weighted by Gasteiger charge is -2.26. The van der Waals surface area contributed by atoms with E-state index in [9.17, 15) is 20.2 Å². The molecule has 12 heteroatoms. The summed E-state index contributed by atoms with van der Waals surface area (Å²) in [6.07, 6.45) is 1.71. The van der Waals surface area contributed by atoms with Crippen LogP contribution in [0, 0.1) is 20.2 Å². The van der Waals surface area contributed by atoms with Crippen molar-refractivity contribution in [3.8, 4) is 11.3 Å². The fourth-order valence-corrected chi connectivity index (χ4v) is 6.03. The largest absolute Gasteiger partial charge is 0.459 e. The molecule has 0 radical (unpaired) electrons. The number of nitro groups is 2. The van der Waals surface area contributed by atoms with Crippen molar-refractivity contribution in [1.82, 2.24) is 10.3 Å². The number of thiocarbonyl (C=S) groups is 1. The highest BCUT2D eigenvalue weighted by atomic mass is 32.2. The number of nitrogens with zero attached hydrogens (tertiary/aromatic N) is 4. The molecule has 2 unspecified atom stereocenters. The summed E-state index contributed by atoms with van der Waals surface area (Å²) in [6.45, 7) is 0. The maximum atomic E-state index is 11.7. The zero-order valence-corrected chi connectivity index (χ0v) is 23.3. The minimum Gasteiger partial charge on any atom is -0.459 e. The molecule has 0 bridgehead atoms. The van der Waals surface area contributed by atoms with Gasteiger partial charge in [-0.15, -0.1) is 0 Å². The second-order valence-electron chi connectivity index (χ2n) is 9.32. The molecule has 0 aliphatic carbocycles. The number of nitrogens with one attached hydrogen (secondary N) is 1. The quantitative estimate of drug-likeness (QED) is 0.109. The normalized spacial score (nSPS) is 16.3. The van der Waals surface area contributed by atoms with Crippen molar-refractivity contribution in [3.05, 3.63) is 141 Å². The molecule has 2 atom stereocenters. The van der Waals surface area contributed by atoms with Gasteiger partial charge in [-0.2, -0.15) is 0 Å². The Bertz CT molecular complexity index is 1780. The summed E-state index contributed by atoms with van der Waals surface area (Å²) in [5.74, 6) is 0.945. The minimum atomic E-state index is -0.433. The van der Waals surface area contributed by atoms with Gasteiger partial charge in [-0.1, -0.05) is 30.0 Å². The minimum absolute atomic E-state index is 0.0428. The van der Waals surface area contributed by atoms with Crippen molar-refractivity contribution in [2.45, 2.75) is 21.9 Å². The molecule has 1 N–H and O–H groups in total. The molecule has 42 heavy (non-hydrogen) atoms. The van der Waals surface area contributed by atoms with E-state index >= 15 is 0 Å². The van der Waals surface area contributed by atoms with Crippen molar-refractivity contribution in [2.24, 2.45) is 0 Å². The second kappa shape index (κ2) is 11.4. The van der Waals surface area contributed by atoms with E-state index in [2.05, 4.69) is 10.3 Å². The van der Waals surface area contributed by atoms with Crippen molar-refractivity contribution < 1.29 is 14.3 Å². The molecule has 6 rings (SSSR count). The molecule has 1 fully saturated rings. The third-order valence-electron chi connectivity index (χ3n) is 6.78. The Morgan fingerprint density at radius 3 is 2.19 bits per heavy atom. The Kier molecular flexibility index (Phi) is 7.38. The van der Waals surface area contributed by atoms with Crippen LogP contribution in [0.3, 0.4) is 0 Å². The van der Waals surface area contributed by atoms with Crippen LogP contribution in [0.4, 0.5) is 17.1 Å². The van der Waals surface area contributed by atoms with E-state index in [4.69, 9.17) is 16.6 Å². The van der Waals surface area contributed by atoms with Gasteiger partial charge in [0.05, 0.1) is 27.1 Å². The molecule has 0 spiro atoms. The van der Waals surface area contributed by atoms with Gasteiger partial charge in [0.1, 0.15) is 17.6 Å². The molecular weight excluding hydrogens is 574 g/mol. The van der Waals surface area contributed by atoms with Crippen LogP contribution in [0.2, 0.25) is 0 Å².